The quantitative estimate of drug-likeness (QED) is 0.901. The molecule has 3 heteroatoms. The molecular weight excluding hydrogens is 248 g/mol. The molecule has 2 N–H and O–H groups in total. The number of aryl methyl sites for hydroxylation is 1. The van der Waals surface area contributed by atoms with Gasteiger partial charge in [-0.05, 0) is 38.8 Å². The van der Waals surface area contributed by atoms with Gasteiger partial charge in [-0.1, -0.05) is 24.6 Å². The molecule has 0 bridgehead atoms. The summed E-state index contributed by atoms with van der Waals surface area (Å²) in [5.41, 5.74) is 8.90. The molecule has 1 fully saturated rings. The van der Waals surface area contributed by atoms with Crippen LogP contribution in [0, 0.1) is 12.8 Å². The molecule has 0 amide bonds. The zero-order valence-electron chi connectivity index (χ0n) is 12.6. The fourth-order valence-corrected chi connectivity index (χ4v) is 3.58. The molecule has 0 saturated carbocycles. The first-order valence-electron chi connectivity index (χ1n) is 7.88. The van der Waals surface area contributed by atoms with E-state index in [0.717, 1.165) is 18.9 Å². The molecule has 0 aliphatic carbocycles. The molecule has 1 saturated heterocycles. The van der Waals surface area contributed by atoms with Crippen molar-refractivity contribution in [3.63, 3.8) is 0 Å². The number of nitrogens with two attached hydrogens (primary N) is 1. The third kappa shape index (κ3) is 2.57. The van der Waals surface area contributed by atoms with Crippen LogP contribution < -0.4 is 10.5 Å². The maximum absolute atomic E-state index is 6.52. The van der Waals surface area contributed by atoms with E-state index in [2.05, 4.69) is 36.9 Å². The molecule has 20 heavy (non-hydrogen) atoms. The maximum Gasteiger partial charge on any atom is 0.126 e. The van der Waals surface area contributed by atoms with Crippen molar-refractivity contribution in [1.29, 1.82) is 0 Å². The Bertz CT molecular complexity index is 474. The molecule has 3 atom stereocenters. The standard InChI is InChI=1S/C17H26N2O/c1-12-6-5-8-15-16(18)14(11-20-17(12)15)10-19-9-4-3-7-13(19)2/h5-6,8,13-14,16H,3-4,7,9-11,18H2,1-2H3. The minimum Gasteiger partial charge on any atom is -0.493 e. The van der Waals surface area contributed by atoms with E-state index in [-0.39, 0.29) is 6.04 Å². The second-order valence-corrected chi connectivity index (χ2v) is 6.43. The van der Waals surface area contributed by atoms with Gasteiger partial charge in [-0.25, -0.2) is 0 Å². The molecule has 3 rings (SSSR count). The Balaban J connectivity index is 1.73. The van der Waals surface area contributed by atoms with E-state index < -0.39 is 0 Å². The van der Waals surface area contributed by atoms with E-state index >= 15 is 0 Å². The minimum atomic E-state index is 0.104. The summed E-state index contributed by atoms with van der Waals surface area (Å²) in [5.74, 6) is 1.42. The lowest BCUT2D eigenvalue weighted by Gasteiger charge is -2.39. The van der Waals surface area contributed by atoms with E-state index in [4.69, 9.17) is 10.5 Å². The van der Waals surface area contributed by atoms with Crippen molar-refractivity contribution >= 4 is 0 Å². The van der Waals surface area contributed by atoms with Gasteiger partial charge in [-0.2, -0.15) is 0 Å². The lowest BCUT2D eigenvalue weighted by molar-refractivity contribution is 0.0937. The number of fused-ring (bicyclic) bond motifs is 1. The van der Waals surface area contributed by atoms with Crippen LogP contribution in [-0.4, -0.2) is 30.6 Å². The normalized spacial score (nSPS) is 30.6. The number of rotatable bonds is 2. The van der Waals surface area contributed by atoms with Crippen LogP contribution in [0.2, 0.25) is 0 Å². The highest BCUT2D eigenvalue weighted by molar-refractivity contribution is 5.44. The monoisotopic (exact) mass is 274 g/mol. The number of ether oxygens (including phenoxy) is 1. The summed E-state index contributed by atoms with van der Waals surface area (Å²) in [6, 6.07) is 7.10. The number of hydrogen-bond acceptors (Lipinski definition) is 3. The number of piperidine rings is 1. The predicted molar refractivity (Wildman–Crippen MR) is 82.0 cm³/mol. The molecule has 3 unspecified atom stereocenters. The van der Waals surface area contributed by atoms with E-state index in [1.807, 2.05) is 0 Å². The first-order chi connectivity index (χ1) is 9.66. The SMILES string of the molecule is Cc1cccc2c1OCC(CN1CCCCC1C)C2N. The van der Waals surface area contributed by atoms with E-state index in [0.29, 0.717) is 12.0 Å². The van der Waals surface area contributed by atoms with Gasteiger partial charge in [0.05, 0.1) is 6.61 Å². The van der Waals surface area contributed by atoms with Crippen molar-refractivity contribution < 1.29 is 4.74 Å². The van der Waals surface area contributed by atoms with Crippen LogP contribution in [0.4, 0.5) is 0 Å². The van der Waals surface area contributed by atoms with Crippen molar-refractivity contribution in [1.82, 2.24) is 4.90 Å². The van der Waals surface area contributed by atoms with Gasteiger partial charge in [0.25, 0.3) is 0 Å². The summed E-state index contributed by atoms with van der Waals surface area (Å²) >= 11 is 0. The number of hydrogen-bond donors (Lipinski definition) is 1. The summed E-state index contributed by atoms with van der Waals surface area (Å²) in [6.45, 7) is 7.47. The molecule has 2 aliphatic rings. The predicted octanol–water partition coefficient (Wildman–Crippen LogP) is 2.88. The zero-order chi connectivity index (χ0) is 14.1. The summed E-state index contributed by atoms with van der Waals surface area (Å²) in [6.07, 6.45) is 4.01. The van der Waals surface area contributed by atoms with Gasteiger partial charge in [0, 0.05) is 30.1 Å². The molecule has 2 aliphatic heterocycles. The van der Waals surface area contributed by atoms with Gasteiger partial charge in [-0.15, -0.1) is 0 Å². The Morgan fingerprint density at radius 3 is 3.00 bits per heavy atom. The Labute approximate surface area is 122 Å². The third-order valence-electron chi connectivity index (χ3n) is 4.96. The van der Waals surface area contributed by atoms with Crippen LogP contribution in [0.15, 0.2) is 18.2 Å². The minimum absolute atomic E-state index is 0.104. The average Bonchev–Trinajstić information content (AvgIpc) is 2.45. The van der Waals surface area contributed by atoms with Crippen LogP contribution in [0.25, 0.3) is 0 Å². The van der Waals surface area contributed by atoms with E-state index in [1.54, 1.807) is 0 Å². The first kappa shape index (κ1) is 13.9. The molecule has 110 valence electrons. The Kier molecular flexibility index (Phi) is 3.99. The van der Waals surface area contributed by atoms with Gasteiger partial charge < -0.3 is 15.4 Å². The van der Waals surface area contributed by atoms with Gasteiger partial charge in [0.15, 0.2) is 0 Å². The fraction of sp³-hybridized carbons (Fsp3) is 0.647. The second kappa shape index (κ2) is 5.74. The summed E-state index contributed by atoms with van der Waals surface area (Å²) < 4.78 is 6.01. The first-order valence-corrected chi connectivity index (χ1v) is 7.88. The van der Waals surface area contributed by atoms with Crippen LogP contribution >= 0.6 is 0 Å². The summed E-state index contributed by atoms with van der Waals surface area (Å²) in [5, 5.41) is 0. The van der Waals surface area contributed by atoms with Gasteiger partial charge in [0.1, 0.15) is 5.75 Å². The van der Waals surface area contributed by atoms with Crippen LogP contribution in [0.3, 0.4) is 0 Å². The van der Waals surface area contributed by atoms with Gasteiger partial charge in [-0.3, -0.25) is 0 Å². The molecule has 0 spiro atoms. The summed E-state index contributed by atoms with van der Waals surface area (Å²) in [4.78, 5) is 2.60. The van der Waals surface area contributed by atoms with Crippen LogP contribution in [-0.2, 0) is 0 Å². The number of para-hydroxylation sites is 1. The van der Waals surface area contributed by atoms with Gasteiger partial charge in [0.2, 0.25) is 0 Å². The topological polar surface area (TPSA) is 38.5 Å². The molecule has 0 radical (unpaired) electrons. The molecule has 0 aromatic heterocycles. The highest BCUT2D eigenvalue weighted by Crippen LogP contribution is 2.36. The van der Waals surface area contributed by atoms with Crippen LogP contribution in [0.5, 0.6) is 5.75 Å². The Hall–Kier alpha value is -1.06. The molecule has 2 heterocycles. The largest absolute Gasteiger partial charge is 0.493 e. The molecule has 1 aromatic carbocycles. The van der Waals surface area contributed by atoms with E-state index in [1.165, 1.54) is 36.9 Å². The number of likely N-dealkylation sites (tertiary alicyclic amines) is 1. The van der Waals surface area contributed by atoms with Crippen molar-refractivity contribution in [3.8, 4) is 5.75 Å². The molecule has 1 aromatic rings. The van der Waals surface area contributed by atoms with Crippen molar-refractivity contribution in [2.75, 3.05) is 19.7 Å². The number of benzene rings is 1. The number of nitrogens with zero attached hydrogens (tertiary/aromatic N) is 1. The van der Waals surface area contributed by atoms with Crippen molar-refractivity contribution in [2.24, 2.45) is 11.7 Å². The molecular formula is C17H26N2O. The van der Waals surface area contributed by atoms with Gasteiger partial charge >= 0.3 is 0 Å². The highest BCUT2D eigenvalue weighted by Gasteiger charge is 2.31. The summed E-state index contributed by atoms with van der Waals surface area (Å²) in [7, 11) is 0. The fourth-order valence-electron chi connectivity index (χ4n) is 3.58. The lowest BCUT2D eigenvalue weighted by atomic mass is 9.88. The maximum atomic E-state index is 6.52. The Morgan fingerprint density at radius 2 is 2.20 bits per heavy atom. The lowest BCUT2D eigenvalue weighted by Crippen LogP contribution is -2.45. The van der Waals surface area contributed by atoms with Crippen molar-refractivity contribution in [2.45, 2.75) is 45.2 Å². The molecule has 3 nitrogen and oxygen atoms in total. The smallest absolute Gasteiger partial charge is 0.126 e. The highest BCUT2D eigenvalue weighted by atomic mass is 16.5. The zero-order valence-corrected chi connectivity index (χ0v) is 12.6. The van der Waals surface area contributed by atoms with Crippen molar-refractivity contribution in [3.05, 3.63) is 29.3 Å². The second-order valence-electron chi connectivity index (χ2n) is 6.43. The average molecular weight is 274 g/mol. The third-order valence-corrected chi connectivity index (χ3v) is 4.96. The van der Waals surface area contributed by atoms with E-state index in [9.17, 15) is 0 Å². The van der Waals surface area contributed by atoms with Crippen LogP contribution in [0.1, 0.15) is 43.4 Å². The Morgan fingerprint density at radius 1 is 1.35 bits per heavy atom.